The highest BCUT2D eigenvalue weighted by atomic mass is 35.5. The summed E-state index contributed by atoms with van der Waals surface area (Å²) in [7, 11) is 0. The first-order valence-corrected chi connectivity index (χ1v) is 8.43. The van der Waals surface area contributed by atoms with E-state index in [1.807, 2.05) is 0 Å². The van der Waals surface area contributed by atoms with E-state index in [0.717, 1.165) is 45.2 Å². The minimum Gasteiger partial charge on any atom is -0.356 e. The van der Waals surface area contributed by atoms with Crippen LogP contribution in [0.4, 0.5) is 0 Å². The average molecular weight is 356 g/mol. The van der Waals surface area contributed by atoms with Gasteiger partial charge in [0, 0.05) is 18.5 Å². The van der Waals surface area contributed by atoms with Crippen molar-refractivity contribution in [3.8, 4) is 0 Å². The molecule has 1 rings (SSSR count). The Bertz CT molecular complexity index is 274. The summed E-state index contributed by atoms with van der Waals surface area (Å²) in [5.74, 6) is 0.374. The molecule has 3 N–H and O–H groups in total. The van der Waals surface area contributed by atoms with Gasteiger partial charge in [-0.05, 0) is 58.2 Å². The van der Waals surface area contributed by atoms with Crippen LogP contribution in [0.25, 0.3) is 0 Å². The molecular formula is C16H35Cl2N3O. The van der Waals surface area contributed by atoms with Crippen molar-refractivity contribution in [1.29, 1.82) is 0 Å². The number of nitrogens with two attached hydrogens (primary N) is 1. The van der Waals surface area contributed by atoms with Gasteiger partial charge in [-0.1, -0.05) is 20.3 Å². The number of carbonyl (C=O) groups excluding carboxylic acids is 1. The molecule has 0 aromatic rings. The smallest absolute Gasteiger partial charge is 0.223 e. The van der Waals surface area contributed by atoms with E-state index < -0.39 is 0 Å². The number of nitrogens with zero attached hydrogens (tertiary/aromatic N) is 1. The molecule has 0 radical (unpaired) electrons. The fraction of sp³-hybridized carbons (Fsp3) is 0.938. The van der Waals surface area contributed by atoms with E-state index in [2.05, 4.69) is 24.1 Å². The maximum atomic E-state index is 12.1. The molecule has 1 fully saturated rings. The summed E-state index contributed by atoms with van der Waals surface area (Å²) in [6.07, 6.45) is 7.50. The lowest BCUT2D eigenvalue weighted by atomic mass is 9.85. The van der Waals surface area contributed by atoms with Gasteiger partial charge in [0.05, 0.1) is 0 Å². The van der Waals surface area contributed by atoms with E-state index in [4.69, 9.17) is 5.73 Å². The van der Waals surface area contributed by atoms with Gasteiger partial charge in [-0.25, -0.2) is 0 Å². The standard InChI is InChI=1S/C16H33N3O.2ClH/c1-3-10-19(11-4-2)12-6-9-18-16(20)14-7-5-8-15(17)13-14;;/h14-15H,3-13,17H2,1-2H3,(H,18,20);2*1H. The van der Waals surface area contributed by atoms with Crippen LogP contribution >= 0.6 is 24.8 Å². The van der Waals surface area contributed by atoms with Gasteiger partial charge in [0.1, 0.15) is 0 Å². The fourth-order valence-electron chi connectivity index (χ4n) is 3.09. The highest BCUT2D eigenvalue weighted by Crippen LogP contribution is 2.22. The maximum Gasteiger partial charge on any atom is 0.223 e. The molecule has 2 atom stereocenters. The molecule has 0 spiro atoms. The van der Waals surface area contributed by atoms with E-state index >= 15 is 0 Å². The number of nitrogens with one attached hydrogen (secondary N) is 1. The third kappa shape index (κ3) is 9.88. The molecule has 4 nitrogen and oxygen atoms in total. The van der Waals surface area contributed by atoms with Gasteiger partial charge in [0.25, 0.3) is 0 Å². The van der Waals surface area contributed by atoms with Crippen molar-refractivity contribution < 1.29 is 4.79 Å². The zero-order valence-corrected chi connectivity index (χ0v) is 15.8. The number of rotatable bonds is 9. The van der Waals surface area contributed by atoms with Gasteiger partial charge >= 0.3 is 0 Å². The summed E-state index contributed by atoms with van der Waals surface area (Å²) >= 11 is 0. The Morgan fingerprint density at radius 2 is 1.77 bits per heavy atom. The monoisotopic (exact) mass is 355 g/mol. The van der Waals surface area contributed by atoms with E-state index in [1.54, 1.807) is 0 Å². The normalized spacial score (nSPS) is 20.9. The summed E-state index contributed by atoms with van der Waals surface area (Å²) in [6.45, 7) is 8.66. The van der Waals surface area contributed by atoms with Crippen molar-refractivity contribution in [2.75, 3.05) is 26.2 Å². The lowest BCUT2D eigenvalue weighted by molar-refractivity contribution is -0.126. The fourth-order valence-corrected chi connectivity index (χ4v) is 3.09. The van der Waals surface area contributed by atoms with Crippen LogP contribution in [0.2, 0.25) is 0 Å². The molecule has 0 heterocycles. The predicted octanol–water partition coefficient (Wildman–Crippen LogP) is 2.98. The van der Waals surface area contributed by atoms with Crippen molar-refractivity contribution in [3.63, 3.8) is 0 Å². The molecule has 1 aliphatic carbocycles. The first kappa shape index (κ1) is 24.2. The molecule has 0 saturated heterocycles. The van der Waals surface area contributed by atoms with Gasteiger partial charge in [-0.3, -0.25) is 4.79 Å². The average Bonchev–Trinajstić information content (AvgIpc) is 2.43. The van der Waals surface area contributed by atoms with Crippen LogP contribution in [0, 0.1) is 5.92 Å². The molecular weight excluding hydrogens is 321 g/mol. The van der Waals surface area contributed by atoms with Crippen molar-refractivity contribution in [2.45, 2.75) is 64.8 Å². The molecule has 134 valence electrons. The molecule has 0 aliphatic heterocycles. The number of carbonyl (C=O) groups is 1. The number of hydrogen-bond acceptors (Lipinski definition) is 3. The molecule has 6 heteroatoms. The zero-order chi connectivity index (χ0) is 14.8. The van der Waals surface area contributed by atoms with Crippen LogP contribution in [0.3, 0.4) is 0 Å². The lowest BCUT2D eigenvalue weighted by Gasteiger charge is -2.26. The second kappa shape index (κ2) is 14.6. The second-order valence-corrected chi connectivity index (χ2v) is 6.11. The summed E-state index contributed by atoms with van der Waals surface area (Å²) in [6, 6.07) is 0.226. The van der Waals surface area contributed by atoms with Gasteiger partial charge < -0.3 is 16.0 Å². The molecule has 1 aliphatic rings. The number of amides is 1. The summed E-state index contributed by atoms with van der Waals surface area (Å²) < 4.78 is 0. The van der Waals surface area contributed by atoms with Crippen LogP contribution in [0.5, 0.6) is 0 Å². The Hall–Kier alpha value is -0.0300. The maximum absolute atomic E-state index is 12.1. The topological polar surface area (TPSA) is 58.4 Å². The summed E-state index contributed by atoms with van der Waals surface area (Å²) in [5, 5.41) is 3.09. The van der Waals surface area contributed by atoms with Crippen LogP contribution < -0.4 is 11.1 Å². The third-order valence-electron chi connectivity index (χ3n) is 4.12. The van der Waals surface area contributed by atoms with Crippen molar-refractivity contribution in [1.82, 2.24) is 10.2 Å². The van der Waals surface area contributed by atoms with E-state index in [0.29, 0.717) is 0 Å². The van der Waals surface area contributed by atoms with Gasteiger partial charge in [-0.2, -0.15) is 0 Å². The Balaban J connectivity index is 0. The van der Waals surface area contributed by atoms with E-state index in [9.17, 15) is 4.79 Å². The Morgan fingerprint density at radius 1 is 1.14 bits per heavy atom. The molecule has 0 aromatic carbocycles. The largest absolute Gasteiger partial charge is 0.356 e. The molecule has 0 bridgehead atoms. The first-order valence-electron chi connectivity index (χ1n) is 8.43. The Kier molecular flexibility index (Phi) is 16.0. The van der Waals surface area contributed by atoms with Gasteiger partial charge in [-0.15, -0.1) is 24.8 Å². The minimum absolute atomic E-state index is 0. The number of halogens is 2. The zero-order valence-electron chi connectivity index (χ0n) is 14.2. The van der Waals surface area contributed by atoms with Gasteiger partial charge in [0.15, 0.2) is 0 Å². The molecule has 1 amide bonds. The van der Waals surface area contributed by atoms with Crippen LogP contribution in [-0.4, -0.2) is 43.0 Å². The molecule has 1 saturated carbocycles. The van der Waals surface area contributed by atoms with Crippen molar-refractivity contribution in [3.05, 3.63) is 0 Å². The third-order valence-corrected chi connectivity index (χ3v) is 4.12. The Labute approximate surface area is 148 Å². The van der Waals surface area contributed by atoms with Crippen molar-refractivity contribution in [2.24, 2.45) is 11.7 Å². The summed E-state index contributed by atoms with van der Waals surface area (Å²) in [5.41, 5.74) is 5.94. The molecule has 22 heavy (non-hydrogen) atoms. The molecule has 2 unspecified atom stereocenters. The second-order valence-electron chi connectivity index (χ2n) is 6.11. The predicted molar refractivity (Wildman–Crippen MR) is 99.1 cm³/mol. The quantitative estimate of drug-likeness (QED) is 0.625. The van der Waals surface area contributed by atoms with Gasteiger partial charge in [0.2, 0.25) is 5.91 Å². The van der Waals surface area contributed by atoms with E-state index in [1.165, 1.54) is 25.9 Å². The Morgan fingerprint density at radius 3 is 2.32 bits per heavy atom. The first-order chi connectivity index (χ1) is 9.67. The van der Waals surface area contributed by atoms with Crippen LogP contribution in [0.1, 0.15) is 58.8 Å². The SMILES string of the molecule is CCCN(CCC)CCCNC(=O)C1CCCC(N)C1.Cl.Cl. The van der Waals surface area contributed by atoms with E-state index in [-0.39, 0.29) is 42.7 Å². The highest BCUT2D eigenvalue weighted by molar-refractivity contribution is 5.85. The number of hydrogen-bond donors (Lipinski definition) is 2. The minimum atomic E-state index is 0. The lowest BCUT2D eigenvalue weighted by Crippen LogP contribution is -2.38. The molecule has 0 aromatic heterocycles. The van der Waals surface area contributed by atoms with Crippen molar-refractivity contribution >= 4 is 30.7 Å². The highest BCUT2D eigenvalue weighted by Gasteiger charge is 2.24. The van der Waals surface area contributed by atoms with Crippen LogP contribution in [0.15, 0.2) is 0 Å². The van der Waals surface area contributed by atoms with Crippen LogP contribution in [-0.2, 0) is 4.79 Å². The summed E-state index contributed by atoms with van der Waals surface area (Å²) in [4.78, 5) is 14.5.